The summed E-state index contributed by atoms with van der Waals surface area (Å²) in [6.07, 6.45) is 10.1. The van der Waals surface area contributed by atoms with Crippen molar-refractivity contribution in [2.24, 2.45) is 5.92 Å². The summed E-state index contributed by atoms with van der Waals surface area (Å²) in [6, 6.07) is 37.8. The Morgan fingerprint density at radius 3 is 2.11 bits per heavy atom. The molecule has 0 radical (unpaired) electrons. The van der Waals surface area contributed by atoms with Gasteiger partial charge in [0.2, 0.25) is 11.8 Å². The van der Waals surface area contributed by atoms with Crippen molar-refractivity contribution >= 4 is 56.6 Å². The highest BCUT2D eigenvalue weighted by molar-refractivity contribution is 6.08. The van der Waals surface area contributed by atoms with Crippen LogP contribution in [0.4, 0.5) is 17.1 Å². The Bertz CT molecular complexity index is 3010. The van der Waals surface area contributed by atoms with Gasteiger partial charge < -0.3 is 35.7 Å². The second-order valence-electron chi connectivity index (χ2n) is 16.3. The molecule has 13 heteroatoms. The first-order valence-electron chi connectivity index (χ1n) is 21.4. The maximum Gasteiger partial charge on any atom is 0.264 e. The lowest BCUT2D eigenvalue weighted by Gasteiger charge is -2.28. The molecule has 0 aliphatic carbocycles. The van der Waals surface area contributed by atoms with E-state index in [0.29, 0.717) is 41.3 Å². The number of aliphatic hydroxyl groups is 2. The number of hydrogen-bond donors (Lipinski definition) is 6. The van der Waals surface area contributed by atoms with E-state index in [4.69, 9.17) is 0 Å². The van der Waals surface area contributed by atoms with Crippen LogP contribution in [0, 0.1) is 5.92 Å². The molecule has 13 nitrogen and oxygen atoms in total. The topological polar surface area (TPSA) is 181 Å². The van der Waals surface area contributed by atoms with Crippen molar-refractivity contribution in [2.45, 2.75) is 50.8 Å². The number of aromatic amines is 2. The molecule has 5 aromatic carbocycles. The Kier molecular flexibility index (Phi) is 11.7. The molecule has 9 rings (SSSR count). The number of aliphatic hydroxyl groups excluding tert-OH is 1. The second-order valence-corrected chi connectivity index (χ2v) is 16.3. The van der Waals surface area contributed by atoms with Crippen LogP contribution in [0.25, 0.3) is 21.8 Å². The lowest BCUT2D eigenvalue weighted by molar-refractivity contribution is -0.139. The molecule has 0 bridgehead atoms. The fourth-order valence-corrected chi connectivity index (χ4v) is 8.71. The first-order chi connectivity index (χ1) is 31.2. The largest absolute Gasteiger partial charge is 0.395 e. The number of amides is 3. The van der Waals surface area contributed by atoms with Crippen LogP contribution in [0.3, 0.4) is 0 Å². The van der Waals surface area contributed by atoms with Crippen molar-refractivity contribution in [1.29, 1.82) is 0 Å². The lowest BCUT2D eigenvalue weighted by atomic mass is 9.82. The highest BCUT2D eigenvalue weighted by Gasteiger charge is 2.52. The summed E-state index contributed by atoms with van der Waals surface area (Å²) in [5.41, 5.74) is 5.96. The number of rotatable bonds is 16. The number of carbonyl (C=O) groups excluding carboxylic acids is 3. The molecule has 322 valence electrons. The molecule has 1 aliphatic rings. The van der Waals surface area contributed by atoms with Crippen molar-refractivity contribution in [3.8, 4) is 0 Å². The summed E-state index contributed by atoms with van der Waals surface area (Å²) in [4.78, 5) is 49.3. The molecular formula is C51H48N8O5. The van der Waals surface area contributed by atoms with Crippen LogP contribution >= 0.6 is 0 Å². The highest BCUT2D eigenvalue weighted by Crippen LogP contribution is 2.47. The fraction of sp³-hybridized carbons (Fsp3) is 0.196. The molecule has 0 saturated carbocycles. The van der Waals surface area contributed by atoms with Gasteiger partial charge in [-0.25, -0.2) is 0 Å². The number of aromatic nitrogens is 5. The molecule has 1 unspecified atom stereocenters. The first-order valence-corrected chi connectivity index (χ1v) is 21.4. The Labute approximate surface area is 369 Å². The Morgan fingerprint density at radius 2 is 1.44 bits per heavy atom. The molecule has 6 N–H and O–H groups in total. The SMILES string of the molecule is C[C@@H](/C=C/CCn1cc(C(CO)c2ccccc2)nn1)[C@]1(O)C(=O)N(Cc2cccc(NC(=O)Cc3c[nH]c4ccccc34)c2)c2ccc(NC(=O)Cc3c[nH]c4ccccc34)cc21. The average Bonchev–Trinajstić information content (AvgIpc) is 4.09. The van der Waals surface area contributed by atoms with Crippen LogP contribution in [0.5, 0.6) is 0 Å². The van der Waals surface area contributed by atoms with Gasteiger partial charge >= 0.3 is 0 Å². The standard InChI is InChI=1S/C51H48N8O5/c1-33(12-9-10-23-58-31-46(56-57-58)42(32-60)35-14-3-2-4-15-35)51(64)43-27-39(55-49(62)26-37-29-53-45-20-8-6-18-41(37)45)21-22-47(43)59(50(51)63)30-34-13-11-16-38(24-34)54-48(61)25-36-28-52-44-19-7-5-17-40(36)44/h2-9,11-22,24,27-29,31,33,42,52-53,60,64H,10,23,25-26,30,32H2,1H3,(H,54,61)(H,55,62)/b12-9+/t33-,42?,51+/m0/s1. The van der Waals surface area contributed by atoms with Crippen molar-refractivity contribution in [3.63, 3.8) is 0 Å². The van der Waals surface area contributed by atoms with Crippen molar-refractivity contribution in [2.75, 3.05) is 22.1 Å². The molecule has 3 aromatic heterocycles. The second kappa shape index (κ2) is 18.0. The van der Waals surface area contributed by atoms with Gasteiger partial charge in [0.05, 0.1) is 43.3 Å². The predicted octanol–water partition coefficient (Wildman–Crippen LogP) is 7.74. The summed E-state index contributed by atoms with van der Waals surface area (Å²) < 4.78 is 1.71. The monoisotopic (exact) mass is 852 g/mol. The van der Waals surface area contributed by atoms with E-state index in [1.807, 2.05) is 128 Å². The smallest absolute Gasteiger partial charge is 0.264 e. The fourth-order valence-electron chi connectivity index (χ4n) is 8.71. The van der Waals surface area contributed by atoms with E-state index in [-0.39, 0.29) is 43.7 Å². The lowest BCUT2D eigenvalue weighted by Crippen LogP contribution is -2.44. The van der Waals surface area contributed by atoms with Crippen LogP contribution < -0.4 is 15.5 Å². The van der Waals surface area contributed by atoms with Gasteiger partial charge in [0.1, 0.15) is 0 Å². The molecule has 4 heterocycles. The van der Waals surface area contributed by atoms with E-state index in [1.165, 1.54) is 0 Å². The first kappa shape index (κ1) is 41.7. The zero-order chi connectivity index (χ0) is 44.2. The number of anilines is 3. The van der Waals surface area contributed by atoms with E-state index >= 15 is 0 Å². The Balaban J connectivity index is 0.932. The van der Waals surface area contributed by atoms with Crippen molar-refractivity contribution in [3.05, 3.63) is 186 Å². The number of para-hydroxylation sites is 2. The molecule has 64 heavy (non-hydrogen) atoms. The number of H-pyrrole nitrogens is 2. The number of fused-ring (bicyclic) bond motifs is 3. The zero-order valence-corrected chi connectivity index (χ0v) is 35.2. The number of carbonyl (C=O) groups is 3. The highest BCUT2D eigenvalue weighted by atomic mass is 16.3. The molecule has 3 amide bonds. The van der Waals surface area contributed by atoms with Crippen LogP contribution in [-0.4, -0.2) is 59.5 Å². The maximum absolute atomic E-state index is 14.6. The summed E-state index contributed by atoms with van der Waals surface area (Å²) in [7, 11) is 0. The normalized spacial score (nSPS) is 15.8. The van der Waals surface area contributed by atoms with Gasteiger partial charge in [-0.3, -0.25) is 19.1 Å². The van der Waals surface area contributed by atoms with Gasteiger partial charge in [-0.1, -0.05) is 103 Å². The molecule has 8 aromatic rings. The van der Waals surface area contributed by atoms with Gasteiger partial charge in [0.25, 0.3) is 5.91 Å². The third-order valence-corrected chi connectivity index (χ3v) is 12.1. The number of benzene rings is 5. The number of nitrogens with zero attached hydrogens (tertiary/aromatic N) is 4. The summed E-state index contributed by atoms with van der Waals surface area (Å²) in [6.45, 7) is 2.30. The van der Waals surface area contributed by atoms with Crippen molar-refractivity contribution < 1.29 is 24.6 Å². The van der Waals surface area contributed by atoms with Gasteiger partial charge in [-0.05, 0) is 71.1 Å². The van der Waals surface area contributed by atoms with E-state index in [9.17, 15) is 24.6 Å². The average molecular weight is 853 g/mol. The number of allylic oxidation sites excluding steroid dienone is 1. The maximum atomic E-state index is 14.6. The van der Waals surface area contributed by atoms with Crippen LogP contribution in [-0.2, 0) is 45.9 Å². The van der Waals surface area contributed by atoms with Gasteiger partial charge in [0.15, 0.2) is 5.60 Å². The van der Waals surface area contributed by atoms with Crippen LogP contribution in [0.15, 0.2) is 152 Å². The van der Waals surface area contributed by atoms with Gasteiger partial charge in [-0.2, -0.15) is 0 Å². The van der Waals surface area contributed by atoms with Crippen LogP contribution in [0.2, 0.25) is 0 Å². The van der Waals surface area contributed by atoms with Gasteiger partial charge in [-0.15, -0.1) is 5.10 Å². The predicted molar refractivity (Wildman–Crippen MR) is 248 cm³/mol. The Hall–Kier alpha value is -7.61. The molecule has 1 aliphatic heterocycles. The number of nitrogens with one attached hydrogen (secondary N) is 4. The van der Waals surface area contributed by atoms with Crippen LogP contribution in [0.1, 0.15) is 52.8 Å². The zero-order valence-electron chi connectivity index (χ0n) is 35.2. The summed E-state index contributed by atoms with van der Waals surface area (Å²) in [5.74, 6) is -1.90. The minimum absolute atomic E-state index is 0.102. The quantitative estimate of drug-likeness (QED) is 0.0538. The number of hydrogen-bond acceptors (Lipinski definition) is 7. The van der Waals surface area contributed by atoms with E-state index in [2.05, 4.69) is 30.9 Å². The number of aryl methyl sites for hydroxylation is 1. The molecule has 0 fully saturated rings. The third-order valence-electron chi connectivity index (χ3n) is 12.1. The third kappa shape index (κ3) is 8.46. The Morgan fingerprint density at radius 1 is 0.797 bits per heavy atom. The molecular weight excluding hydrogens is 805 g/mol. The van der Waals surface area contributed by atoms with Crippen molar-refractivity contribution in [1.82, 2.24) is 25.0 Å². The summed E-state index contributed by atoms with van der Waals surface area (Å²) >= 11 is 0. The van der Waals surface area contributed by atoms with E-state index in [0.717, 1.165) is 44.1 Å². The molecule has 0 saturated heterocycles. The molecule has 0 spiro atoms. The minimum Gasteiger partial charge on any atom is -0.395 e. The van der Waals surface area contributed by atoms with E-state index < -0.39 is 17.4 Å². The molecule has 3 atom stereocenters. The van der Waals surface area contributed by atoms with E-state index in [1.54, 1.807) is 40.8 Å². The van der Waals surface area contributed by atoms with Gasteiger partial charge in [0, 0.05) is 69.8 Å². The minimum atomic E-state index is -1.97. The summed E-state index contributed by atoms with van der Waals surface area (Å²) in [5, 5.41) is 39.3.